The fourth-order valence-electron chi connectivity index (χ4n) is 3.76. The molecule has 0 spiro atoms. The van der Waals surface area contributed by atoms with Crippen molar-refractivity contribution in [2.45, 2.75) is 56.7 Å². The smallest absolute Gasteiger partial charge is 0.0123 e. The zero-order valence-corrected chi connectivity index (χ0v) is 10.2. The van der Waals surface area contributed by atoms with Gasteiger partial charge in [-0.2, -0.15) is 0 Å². The highest BCUT2D eigenvalue weighted by molar-refractivity contribution is 4.93. The highest BCUT2D eigenvalue weighted by Gasteiger charge is 2.35. The van der Waals surface area contributed by atoms with Gasteiger partial charge < -0.3 is 16.0 Å². The van der Waals surface area contributed by atoms with Gasteiger partial charge in [0.05, 0.1) is 0 Å². The van der Waals surface area contributed by atoms with Gasteiger partial charge in [-0.05, 0) is 57.5 Å². The van der Waals surface area contributed by atoms with Gasteiger partial charge in [0.25, 0.3) is 0 Å². The number of hydrogen-bond acceptors (Lipinski definition) is 3. The molecule has 3 heteroatoms. The van der Waals surface area contributed by atoms with Crippen molar-refractivity contribution >= 4 is 0 Å². The Morgan fingerprint density at radius 2 is 1.69 bits per heavy atom. The van der Waals surface area contributed by atoms with Crippen LogP contribution in [0.5, 0.6) is 0 Å². The lowest BCUT2D eigenvalue weighted by molar-refractivity contribution is 0.196. The highest BCUT2D eigenvalue weighted by Crippen LogP contribution is 2.28. The van der Waals surface area contributed by atoms with Crippen LogP contribution in [0.3, 0.4) is 0 Å². The third-order valence-corrected chi connectivity index (χ3v) is 4.86. The van der Waals surface area contributed by atoms with E-state index in [1.165, 1.54) is 58.2 Å². The number of nitrogens with one attached hydrogen (secondary N) is 1. The van der Waals surface area contributed by atoms with Crippen LogP contribution in [0.25, 0.3) is 0 Å². The van der Waals surface area contributed by atoms with Crippen LogP contribution in [-0.4, -0.2) is 42.7 Å². The number of rotatable bonds is 2. The Bertz CT molecular complexity index is 235. The van der Waals surface area contributed by atoms with Crippen molar-refractivity contribution in [1.82, 2.24) is 10.2 Å². The molecule has 92 valence electrons. The Morgan fingerprint density at radius 1 is 0.938 bits per heavy atom. The summed E-state index contributed by atoms with van der Waals surface area (Å²) in [6, 6.07) is 2.04. The van der Waals surface area contributed by atoms with Gasteiger partial charge in [-0.25, -0.2) is 0 Å². The molecule has 2 aliphatic heterocycles. The number of nitrogens with zero attached hydrogens (tertiary/aromatic N) is 1. The fourth-order valence-corrected chi connectivity index (χ4v) is 3.76. The van der Waals surface area contributed by atoms with Crippen LogP contribution in [0.15, 0.2) is 0 Å². The van der Waals surface area contributed by atoms with Crippen molar-refractivity contribution in [1.29, 1.82) is 0 Å². The lowest BCUT2D eigenvalue weighted by Crippen LogP contribution is -2.49. The first kappa shape index (κ1) is 11.0. The molecule has 1 saturated carbocycles. The first-order valence-electron chi connectivity index (χ1n) is 7.05. The van der Waals surface area contributed by atoms with Crippen molar-refractivity contribution in [3.05, 3.63) is 0 Å². The number of piperidine rings is 1. The molecule has 3 nitrogen and oxygen atoms in total. The van der Waals surface area contributed by atoms with Crippen molar-refractivity contribution < 1.29 is 0 Å². The van der Waals surface area contributed by atoms with E-state index in [9.17, 15) is 0 Å². The van der Waals surface area contributed by atoms with E-state index in [-0.39, 0.29) is 0 Å². The maximum Gasteiger partial charge on any atom is 0.0123 e. The summed E-state index contributed by atoms with van der Waals surface area (Å²) in [5.41, 5.74) is 5.96. The number of hydrogen-bond donors (Lipinski definition) is 2. The Balaban J connectivity index is 1.50. The van der Waals surface area contributed by atoms with Crippen molar-refractivity contribution in [3.63, 3.8) is 0 Å². The Labute approximate surface area is 98.8 Å². The molecular formula is C13H25N3. The molecule has 3 N–H and O–H groups in total. The maximum atomic E-state index is 5.96. The largest absolute Gasteiger partial charge is 0.328 e. The SMILES string of the molecule is NC1CCC(NC2CCN3CCC2C3)CC1. The highest BCUT2D eigenvalue weighted by atomic mass is 15.2. The molecule has 16 heavy (non-hydrogen) atoms. The second-order valence-electron chi connectivity index (χ2n) is 6.02. The zero-order chi connectivity index (χ0) is 11.0. The summed E-state index contributed by atoms with van der Waals surface area (Å²) in [5.74, 6) is 0.935. The minimum Gasteiger partial charge on any atom is -0.328 e. The third kappa shape index (κ3) is 2.27. The molecule has 0 radical (unpaired) electrons. The summed E-state index contributed by atoms with van der Waals surface area (Å²) in [6.07, 6.45) is 7.83. The molecule has 3 rings (SSSR count). The van der Waals surface area contributed by atoms with Crippen LogP contribution in [0.4, 0.5) is 0 Å². The molecule has 3 atom stereocenters. The van der Waals surface area contributed by atoms with Gasteiger partial charge in [0.1, 0.15) is 0 Å². The predicted molar refractivity (Wildman–Crippen MR) is 66.3 cm³/mol. The van der Waals surface area contributed by atoms with E-state index in [0.29, 0.717) is 6.04 Å². The van der Waals surface area contributed by atoms with Crippen LogP contribution < -0.4 is 11.1 Å². The van der Waals surface area contributed by atoms with Gasteiger partial charge in [0.2, 0.25) is 0 Å². The molecule has 1 aliphatic carbocycles. The second kappa shape index (κ2) is 4.63. The second-order valence-corrected chi connectivity index (χ2v) is 6.02. The maximum absolute atomic E-state index is 5.96. The van der Waals surface area contributed by atoms with E-state index in [2.05, 4.69) is 10.2 Å². The molecule has 3 fully saturated rings. The van der Waals surface area contributed by atoms with E-state index < -0.39 is 0 Å². The van der Waals surface area contributed by atoms with E-state index in [1.807, 2.05) is 0 Å². The van der Waals surface area contributed by atoms with E-state index in [1.54, 1.807) is 0 Å². The minimum absolute atomic E-state index is 0.478. The normalized spacial score (nSPS) is 48.2. The lowest BCUT2D eigenvalue weighted by atomic mass is 9.88. The van der Waals surface area contributed by atoms with Crippen molar-refractivity contribution in [2.75, 3.05) is 19.6 Å². The van der Waals surface area contributed by atoms with Gasteiger partial charge in [0, 0.05) is 24.7 Å². The average Bonchev–Trinajstić information content (AvgIpc) is 2.69. The Kier molecular flexibility index (Phi) is 3.18. The Hall–Kier alpha value is -0.120. The minimum atomic E-state index is 0.478. The molecule has 3 aliphatic rings. The first-order chi connectivity index (χ1) is 7.81. The molecule has 0 aromatic carbocycles. The molecule has 0 amide bonds. The van der Waals surface area contributed by atoms with Gasteiger partial charge in [-0.15, -0.1) is 0 Å². The molecule has 0 aromatic heterocycles. The topological polar surface area (TPSA) is 41.3 Å². The molecular weight excluding hydrogens is 198 g/mol. The van der Waals surface area contributed by atoms with E-state index in [4.69, 9.17) is 5.73 Å². The lowest BCUT2D eigenvalue weighted by Gasteiger charge is -2.36. The van der Waals surface area contributed by atoms with E-state index >= 15 is 0 Å². The fraction of sp³-hybridized carbons (Fsp3) is 1.00. The summed E-state index contributed by atoms with van der Waals surface area (Å²) in [7, 11) is 0. The summed E-state index contributed by atoms with van der Waals surface area (Å²) in [5, 5.41) is 3.92. The van der Waals surface area contributed by atoms with Crippen LogP contribution in [0.2, 0.25) is 0 Å². The molecule has 0 aromatic rings. The first-order valence-corrected chi connectivity index (χ1v) is 7.05. The third-order valence-electron chi connectivity index (χ3n) is 4.86. The molecule has 2 bridgehead atoms. The molecule has 2 saturated heterocycles. The van der Waals surface area contributed by atoms with Crippen LogP contribution in [0.1, 0.15) is 38.5 Å². The van der Waals surface area contributed by atoms with Crippen molar-refractivity contribution in [2.24, 2.45) is 11.7 Å². The summed E-state index contributed by atoms with van der Waals surface area (Å²) in [6.45, 7) is 4.02. The van der Waals surface area contributed by atoms with Gasteiger partial charge in [-0.3, -0.25) is 0 Å². The zero-order valence-electron chi connectivity index (χ0n) is 10.2. The number of fused-ring (bicyclic) bond motifs is 2. The van der Waals surface area contributed by atoms with Gasteiger partial charge >= 0.3 is 0 Å². The Morgan fingerprint density at radius 3 is 2.50 bits per heavy atom. The summed E-state index contributed by atoms with van der Waals surface area (Å²) < 4.78 is 0. The van der Waals surface area contributed by atoms with Crippen LogP contribution >= 0.6 is 0 Å². The summed E-state index contributed by atoms with van der Waals surface area (Å²) in [4.78, 5) is 2.62. The monoisotopic (exact) mass is 223 g/mol. The van der Waals surface area contributed by atoms with Crippen LogP contribution in [0, 0.1) is 5.92 Å². The van der Waals surface area contributed by atoms with E-state index in [0.717, 1.165) is 18.0 Å². The number of nitrogens with two attached hydrogens (primary N) is 1. The summed E-state index contributed by atoms with van der Waals surface area (Å²) >= 11 is 0. The quantitative estimate of drug-likeness (QED) is 0.732. The molecule has 2 heterocycles. The van der Waals surface area contributed by atoms with Gasteiger partial charge in [-0.1, -0.05) is 0 Å². The standard InChI is InChI=1S/C13H25N3/c14-11-1-3-12(4-2-11)15-13-6-8-16-7-5-10(13)9-16/h10-13,15H,1-9,14H2. The van der Waals surface area contributed by atoms with Gasteiger partial charge in [0.15, 0.2) is 0 Å². The average molecular weight is 223 g/mol. The van der Waals surface area contributed by atoms with Crippen molar-refractivity contribution in [3.8, 4) is 0 Å². The molecule has 3 unspecified atom stereocenters. The predicted octanol–water partition coefficient (Wildman–Crippen LogP) is 0.940. The van der Waals surface area contributed by atoms with Crippen LogP contribution in [-0.2, 0) is 0 Å².